The molecule has 0 N–H and O–H groups in total. The van der Waals surface area contributed by atoms with Crippen molar-refractivity contribution in [1.29, 1.82) is 5.26 Å². The Morgan fingerprint density at radius 1 is 1.00 bits per heavy atom. The number of hydrogen-bond donors (Lipinski definition) is 0. The highest BCUT2D eigenvalue weighted by Crippen LogP contribution is 2.44. The second-order valence-electron chi connectivity index (χ2n) is 11.1. The van der Waals surface area contributed by atoms with Crippen LogP contribution in [0.5, 0.6) is 0 Å². The lowest BCUT2D eigenvalue weighted by Gasteiger charge is -2.38. The monoisotopic (exact) mass is 595 g/mol. The van der Waals surface area contributed by atoms with Crippen molar-refractivity contribution in [3.8, 4) is 17.3 Å². The molecule has 42 heavy (non-hydrogen) atoms. The van der Waals surface area contributed by atoms with E-state index in [4.69, 9.17) is 0 Å². The fourth-order valence-electron chi connectivity index (χ4n) is 5.15. The average molecular weight is 596 g/mol. The maximum Gasteiger partial charge on any atom is 0.433 e. The first-order valence-corrected chi connectivity index (χ1v) is 12.7. The van der Waals surface area contributed by atoms with Crippen LogP contribution in [0.25, 0.3) is 22.3 Å². The van der Waals surface area contributed by atoms with Gasteiger partial charge in [0.15, 0.2) is 22.8 Å². The molecule has 5 heterocycles. The van der Waals surface area contributed by atoms with Gasteiger partial charge in [0, 0.05) is 44.7 Å². The van der Waals surface area contributed by atoms with Gasteiger partial charge in [0.1, 0.15) is 18.1 Å². The van der Waals surface area contributed by atoms with Crippen molar-refractivity contribution in [3.05, 3.63) is 47.4 Å². The molecule has 4 aromatic rings. The molecule has 0 aliphatic carbocycles. The summed E-state index contributed by atoms with van der Waals surface area (Å²) in [6, 6.07) is 3.35. The molecule has 0 amide bonds. The molecule has 1 aliphatic rings. The Balaban J connectivity index is 1.69. The third-order valence-electron chi connectivity index (χ3n) is 7.09. The summed E-state index contributed by atoms with van der Waals surface area (Å²) in [5.41, 5.74) is -6.87. The molecular weight excluding hydrogens is 571 g/mol. The normalized spacial score (nSPS) is 16.2. The smallest absolute Gasteiger partial charge is 0.368 e. The van der Waals surface area contributed by atoms with Crippen molar-refractivity contribution in [1.82, 2.24) is 34.5 Å². The van der Waals surface area contributed by atoms with Crippen LogP contribution in [0.15, 0.2) is 24.7 Å². The number of alkyl halides is 7. The number of piperidine rings is 1. The minimum Gasteiger partial charge on any atom is -0.368 e. The van der Waals surface area contributed by atoms with Crippen LogP contribution in [0.3, 0.4) is 0 Å². The highest BCUT2D eigenvalue weighted by atomic mass is 19.4. The Morgan fingerprint density at radius 2 is 1.67 bits per heavy atom. The minimum atomic E-state index is -4.97. The van der Waals surface area contributed by atoms with E-state index in [1.807, 2.05) is 0 Å². The molecule has 0 radical (unpaired) electrons. The van der Waals surface area contributed by atoms with Gasteiger partial charge in [-0.25, -0.2) is 14.4 Å². The molecule has 0 saturated carbocycles. The molecule has 222 valence electrons. The largest absolute Gasteiger partial charge is 0.433 e. The zero-order chi connectivity index (χ0) is 30.8. The number of nitrogens with zero attached hydrogens (tertiary/aromatic N) is 9. The Bertz CT molecular complexity index is 1700. The van der Waals surface area contributed by atoms with Gasteiger partial charge in [-0.3, -0.25) is 4.68 Å². The van der Waals surface area contributed by atoms with Gasteiger partial charge < -0.3 is 9.47 Å². The van der Waals surface area contributed by atoms with Crippen molar-refractivity contribution in [2.75, 3.05) is 18.0 Å². The maximum absolute atomic E-state index is 15.8. The number of anilines is 1. The number of hydrogen-bond acceptors (Lipinski definition) is 7. The van der Waals surface area contributed by atoms with Gasteiger partial charge in [0.2, 0.25) is 0 Å². The molecule has 9 nitrogen and oxygen atoms in total. The van der Waals surface area contributed by atoms with Gasteiger partial charge in [-0.05, 0) is 32.9 Å². The zero-order valence-corrected chi connectivity index (χ0v) is 22.8. The molecule has 0 spiro atoms. The van der Waals surface area contributed by atoms with Crippen LogP contribution in [0, 0.1) is 11.3 Å². The van der Waals surface area contributed by atoms with E-state index < -0.39 is 51.6 Å². The first-order valence-electron chi connectivity index (χ1n) is 12.7. The van der Waals surface area contributed by atoms with Crippen molar-refractivity contribution in [2.24, 2.45) is 7.05 Å². The van der Waals surface area contributed by atoms with E-state index in [0.717, 1.165) is 16.9 Å². The van der Waals surface area contributed by atoms with E-state index in [-0.39, 0.29) is 48.7 Å². The number of nitriles is 1. The molecule has 16 heteroatoms. The summed E-state index contributed by atoms with van der Waals surface area (Å²) in [7, 11) is 1.58. The lowest BCUT2D eigenvalue weighted by molar-refractivity contribution is -0.144. The molecule has 1 aliphatic heterocycles. The van der Waals surface area contributed by atoms with E-state index in [1.54, 1.807) is 13.1 Å². The molecule has 0 aromatic carbocycles. The number of fused-ring (bicyclic) bond motifs is 1. The SMILES string of the molecule is Cn1cnnc1C1(F)CCN(c2c(C#N)cc(C(F)(F)F)nc2-c2cnc3nn(C(C)(C)C)c(C(F)(F)F)c3c2)CC1. The van der Waals surface area contributed by atoms with Gasteiger partial charge in [0.05, 0.1) is 27.9 Å². The van der Waals surface area contributed by atoms with Crippen molar-refractivity contribution < 1.29 is 30.7 Å². The average Bonchev–Trinajstić information content (AvgIpc) is 3.51. The van der Waals surface area contributed by atoms with Gasteiger partial charge in [0.25, 0.3) is 0 Å². The Kier molecular flexibility index (Phi) is 6.70. The van der Waals surface area contributed by atoms with Crippen LogP contribution in [-0.4, -0.2) is 47.6 Å². The van der Waals surface area contributed by atoms with Gasteiger partial charge >= 0.3 is 12.4 Å². The molecule has 5 rings (SSSR count). The summed E-state index contributed by atoms with van der Waals surface area (Å²) >= 11 is 0. The third kappa shape index (κ3) is 5.01. The van der Waals surface area contributed by atoms with Gasteiger partial charge in [-0.15, -0.1) is 10.2 Å². The van der Waals surface area contributed by atoms with E-state index in [1.165, 1.54) is 36.6 Å². The molecule has 0 unspecified atom stereocenters. The van der Waals surface area contributed by atoms with Crippen LogP contribution < -0.4 is 4.90 Å². The number of aryl methyl sites for hydroxylation is 1. The van der Waals surface area contributed by atoms with Crippen LogP contribution in [0.4, 0.5) is 36.4 Å². The van der Waals surface area contributed by atoms with E-state index in [0.29, 0.717) is 6.07 Å². The summed E-state index contributed by atoms with van der Waals surface area (Å²) in [6.07, 6.45) is -7.71. The first kappa shape index (κ1) is 29.2. The molecule has 4 aromatic heterocycles. The molecule has 1 saturated heterocycles. The number of pyridine rings is 2. The number of rotatable bonds is 3. The molecule has 0 atom stereocenters. The fourth-order valence-corrected chi connectivity index (χ4v) is 5.15. The van der Waals surface area contributed by atoms with Crippen LogP contribution in [0.2, 0.25) is 0 Å². The second kappa shape index (κ2) is 9.63. The van der Waals surface area contributed by atoms with E-state index in [2.05, 4.69) is 25.3 Å². The fraction of sp³-hybridized carbons (Fsp3) is 0.462. The lowest BCUT2D eigenvalue weighted by Crippen LogP contribution is -2.42. The minimum absolute atomic E-state index is 0.0521. The first-order chi connectivity index (χ1) is 19.4. The molecule has 1 fully saturated rings. The molecular formula is C26H24F7N9. The summed E-state index contributed by atoms with van der Waals surface area (Å²) in [6.45, 7) is 4.45. The Hall–Kier alpha value is -4.29. The van der Waals surface area contributed by atoms with Crippen molar-refractivity contribution in [3.63, 3.8) is 0 Å². The standard InChI is InChI=1S/C26H24F7N9/c1-23(2,3)42-20(26(31,32)33)16-9-15(12-35-21(16)39-42)18-19(14(11-34)10-17(37-18)25(28,29)30)41-7-5-24(27,6-8-41)22-38-36-13-40(22)4/h9-10,12-13H,5-8H2,1-4H3. The number of aromatic nitrogens is 7. The predicted octanol–water partition coefficient (Wildman–Crippen LogP) is 5.75. The van der Waals surface area contributed by atoms with E-state index in [9.17, 15) is 31.6 Å². The maximum atomic E-state index is 15.8. The lowest BCUT2D eigenvalue weighted by atomic mass is 9.91. The highest BCUT2D eigenvalue weighted by Gasteiger charge is 2.43. The Labute approximate surface area is 234 Å². The third-order valence-corrected chi connectivity index (χ3v) is 7.09. The summed E-state index contributed by atoms with van der Waals surface area (Å²) in [4.78, 5) is 9.30. The summed E-state index contributed by atoms with van der Waals surface area (Å²) < 4.78 is 102. The highest BCUT2D eigenvalue weighted by molar-refractivity contribution is 5.87. The summed E-state index contributed by atoms with van der Waals surface area (Å²) in [5, 5.41) is 21.0. The van der Waals surface area contributed by atoms with Crippen LogP contribution >= 0.6 is 0 Å². The van der Waals surface area contributed by atoms with Crippen LogP contribution in [-0.2, 0) is 30.6 Å². The molecule has 0 bridgehead atoms. The zero-order valence-electron chi connectivity index (χ0n) is 22.8. The van der Waals surface area contributed by atoms with E-state index >= 15 is 4.39 Å². The van der Waals surface area contributed by atoms with Gasteiger partial charge in [-0.1, -0.05) is 0 Å². The van der Waals surface area contributed by atoms with Crippen molar-refractivity contribution in [2.45, 2.75) is 57.2 Å². The quantitative estimate of drug-likeness (QED) is 0.278. The summed E-state index contributed by atoms with van der Waals surface area (Å²) in [5.74, 6) is 0.0821. The van der Waals surface area contributed by atoms with Crippen LogP contribution in [0.1, 0.15) is 56.4 Å². The van der Waals surface area contributed by atoms with Crippen molar-refractivity contribution >= 4 is 16.7 Å². The Morgan fingerprint density at radius 3 is 2.19 bits per heavy atom. The predicted molar refractivity (Wildman–Crippen MR) is 136 cm³/mol. The van der Waals surface area contributed by atoms with Gasteiger partial charge in [-0.2, -0.15) is 36.7 Å². The number of halogens is 7. The second-order valence-corrected chi connectivity index (χ2v) is 11.1. The topological polar surface area (TPSA) is 101 Å².